The normalized spacial score (nSPS) is 13.8. The van der Waals surface area contributed by atoms with Crippen LogP contribution in [0.4, 0.5) is 0 Å². The quantitative estimate of drug-likeness (QED) is 0.566. The van der Waals surface area contributed by atoms with Gasteiger partial charge in [0.1, 0.15) is 5.38 Å². The smallest absolute Gasteiger partial charge is 0.182 e. The molecule has 1 nitrogen and oxygen atoms in total. The molecule has 2 aromatic rings. The molecule has 4 heteroatoms. The van der Waals surface area contributed by atoms with Gasteiger partial charge in [-0.1, -0.05) is 54.1 Å². The predicted octanol–water partition coefficient (Wildman–Crippen LogP) is 5.11. The van der Waals surface area contributed by atoms with Crippen molar-refractivity contribution >= 4 is 40.6 Å². The second-order valence-electron chi connectivity index (χ2n) is 4.09. The van der Waals surface area contributed by atoms with Crippen LogP contribution in [0.5, 0.6) is 0 Å². The highest BCUT2D eigenvalue weighted by atomic mass is 35.5. The van der Waals surface area contributed by atoms with Crippen molar-refractivity contribution in [3.63, 3.8) is 0 Å². The molecule has 0 aliphatic heterocycles. The fraction of sp³-hybridized carbons (Fsp3) is 0.133. The number of Topliss-reactive ketones (excluding diaryl/α,β-unsaturated/α-hetero) is 1. The monoisotopic (exact) mass is 312 g/mol. The van der Waals surface area contributed by atoms with Crippen molar-refractivity contribution in [3.8, 4) is 0 Å². The standard InChI is InChI=1S/C15H11Cl3O/c16-12-8-6-10(7-9-12)13(17)14(18)15(19)11-4-2-1-3-5-11/h1-9,13-14H. The SMILES string of the molecule is O=C(c1ccccc1)C(Cl)C(Cl)c1ccc(Cl)cc1. The Kier molecular flexibility index (Phi) is 4.87. The predicted molar refractivity (Wildman–Crippen MR) is 80.5 cm³/mol. The highest BCUT2D eigenvalue weighted by Crippen LogP contribution is 2.31. The zero-order valence-electron chi connectivity index (χ0n) is 9.89. The molecule has 0 spiro atoms. The van der Waals surface area contributed by atoms with E-state index >= 15 is 0 Å². The molecule has 0 N–H and O–H groups in total. The second kappa shape index (κ2) is 6.42. The first-order valence-electron chi connectivity index (χ1n) is 5.72. The van der Waals surface area contributed by atoms with Gasteiger partial charge >= 0.3 is 0 Å². The average molecular weight is 314 g/mol. The van der Waals surface area contributed by atoms with Gasteiger partial charge in [-0.3, -0.25) is 4.79 Å². The summed E-state index contributed by atoms with van der Waals surface area (Å²) in [6.07, 6.45) is 0. The Balaban J connectivity index is 2.17. The lowest BCUT2D eigenvalue weighted by molar-refractivity contribution is 0.0985. The summed E-state index contributed by atoms with van der Waals surface area (Å²) in [4.78, 5) is 12.2. The van der Waals surface area contributed by atoms with Gasteiger partial charge in [-0.15, -0.1) is 23.2 Å². The van der Waals surface area contributed by atoms with Gasteiger partial charge < -0.3 is 0 Å². The zero-order chi connectivity index (χ0) is 13.8. The average Bonchev–Trinajstić information content (AvgIpc) is 2.46. The first kappa shape index (κ1) is 14.4. The summed E-state index contributed by atoms with van der Waals surface area (Å²) in [5, 5.41) is -0.787. The van der Waals surface area contributed by atoms with Gasteiger partial charge in [0.05, 0.1) is 5.38 Å². The van der Waals surface area contributed by atoms with Crippen LogP contribution in [0.1, 0.15) is 21.3 Å². The Morgan fingerprint density at radius 3 is 2.05 bits per heavy atom. The highest BCUT2D eigenvalue weighted by Gasteiger charge is 2.26. The van der Waals surface area contributed by atoms with Crippen molar-refractivity contribution in [1.82, 2.24) is 0 Å². The van der Waals surface area contributed by atoms with E-state index < -0.39 is 10.8 Å². The van der Waals surface area contributed by atoms with Crippen molar-refractivity contribution in [2.75, 3.05) is 0 Å². The summed E-state index contributed by atoms with van der Waals surface area (Å²) in [6.45, 7) is 0. The van der Waals surface area contributed by atoms with E-state index in [4.69, 9.17) is 34.8 Å². The third-order valence-corrected chi connectivity index (χ3v) is 4.09. The Hall–Kier alpha value is -1.02. The molecule has 0 aliphatic carbocycles. The summed E-state index contributed by atoms with van der Waals surface area (Å²) >= 11 is 18.2. The second-order valence-corrected chi connectivity index (χ2v) is 5.46. The van der Waals surface area contributed by atoms with Crippen LogP contribution >= 0.6 is 34.8 Å². The lowest BCUT2D eigenvalue weighted by atomic mass is 10.0. The number of benzene rings is 2. The molecule has 19 heavy (non-hydrogen) atoms. The summed E-state index contributed by atoms with van der Waals surface area (Å²) in [6, 6.07) is 15.9. The number of halogens is 3. The molecule has 0 saturated carbocycles. The molecule has 98 valence electrons. The molecule has 2 atom stereocenters. The van der Waals surface area contributed by atoms with Crippen molar-refractivity contribution in [2.24, 2.45) is 0 Å². The van der Waals surface area contributed by atoms with E-state index in [1.807, 2.05) is 6.07 Å². The first-order valence-corrected chi connectivity index (χ1v) is 6.97. The van der Waals surface area contributed by atoms with Crippen molar-refractivity contribution in [2.45, 2.75) is 10.8 Å². The summed E-state index contributed by atoms with van der Waals surface area (Å²) in [5.41, 5.74) is 1.33. The molecule has 0 heterocycles. The van der Waals surface area contributed by atoms with Crippen molar-refractivity contribution in [1.29, 1.82) is 0 Å². The molecule has 2 rings (SSSR count). The van der Waals surface area contributed by atoms with E-state index in [0.717, 1.165) is 5.56 Å². The minimum atomic E-state index is -0.815. The lowest BCUT2D eigenvalue weighted by Crippen LogP contribution is -2.19. The maximum atomic E-state index is 12.2. The summed E-state index contributed by atoms with van der Waals surface area (Å²) in [7, 11) is 0. The molecule has 0 saturated heterocycles. The van der Waals surface area contributed by atoms with E-state index in [2.05, 4.69) is 0 Å². The molecule has 0 radical (unpaired) electrons. The molecule has 2 unspecified atom stereocenters. The molecular formula is C15H11Cl3O. The van der Waals surface area contributed by atoms with Crippen LogP contribution in [0.25, 0.3) is 0 Å². The van der Waals surface area contributed by atoms with Gasteiger partial charge in [-0.2, -0.15) is 0 Å². The number of carbonyl (C=O) groups is 1. The van der Waals surface area contributed by atoms with Gasteiger partial charge in [0.15, 0.2) is 5.78 Å². The zero-order valence-corrected chi connectivity index (χ0v) is 12.2. The van der Waals surface area contributed by atoms with Crippen LogP contribution in [0.2, 0.25) is 5.02 Å². The van der Waals surface area contributed by atoms with E-state index in [9.17, 15) is 4.79 Å². The number of hydrogen-bond donors (Lipinski definition) is 0. The van der Waals surface area contributed by atoms with E-state index in [1.165, 1.54) is 0 Å². The summed E-state index contributed by atoms with van der Waals surface area (Å²) < 4.78 is 0. The largest absolute Gasteiger partial charge is 0.292 e. The third-order valence-electron chi connectivity index (χ3n) is 2.75. The topological polar surface area (TPSA) is 17.1 Å². The van der Waals surface area contributed by atoms with Crippen LogP contribution in [-0.4, -0.2) is 11.2 Å². The van der Waals surface area contributed by atoms with E-state index in [-0.39, 0.29) is 5.78 Å². The molecular weight excluding hydrogens is 303 g/mol. The molecule has 0 bridgehead atoms. The van der Waals surface area contributed by atoms with E-state index in [1.54, 1.807) is 48.5 Å². The number of ketones is 1. The fourth-order valence-electron chi connectivity index (χ4n) is 1.71. The minimum absolute atomic E-state index is 0.183. The van der Waals surface area contributed by atoms with Gasteiger partial charge in [0.25, 0.3) is 0 Å². The first-order chi connectivity index (χ1) is 9.09. The van der Waals surface area contributed by atoms with Crippen LogP contribution in [0.15, 0.2) is 54.6 Å². The minimum Gasteiger partial charge on any atom is -0.292 e. The van der Waals surface area contributed by atoms with Crippen LogP contribution in [0.3, 0.4) is 0 Å². The fourth-order valence-corrected chi connectivity index (χ4v) is 2.37. The van der Waals surface area contributed by atoms with Crippen LogP contribution < -0.4 is 0 Å². The molecule has 0 aliphatic rings. The number of alkyl halides is 2. The van der Waals surface area contributed by atoms with Gasteiger partial charge in [0.2, 0.25) is 0 Å². The maximum Gasteiger partial charge on any atom is 0.182 e. The Labute approximate surface area is 127 Å². The van der Waals surface area contributed by atoms with Gasteiger partial charge in [0, 0.05) is 10.6 Å². The highest BCUT2D eigenvalue weighted by molar-refractivity contribution is 6.39. The molecule has 0 fully saturated rings. The van der Waals surface area contributed by atoms with Gasteiger partial charge in [-0.05, 0) is 17.7 Å². The molecule has 0 amide bonds. The number of rotatable bonds is 4. The Bertz CT molecular complexity index is 551. The van der Waals surface area contributed by atoms with Crippen LogP contribution in [-0.2, 0) is 0 Å². The third kappa shape index (κ3) is 3.50. The van der Waals surface area contributed by atoms with Crippen LogP contribution in [0, 0.1) is 0 Å². The molecule has 0 aromatic heterocycles. The van der Waals surface area contributed by atoms with Crippen molar-refractivity contribution < 1.29 is 4.79 Å². The number of hydrogen-bond acceptors (Lipinski definition) is 1. The summed E-state index contributed by atoms with van der Waals surface area (Å²) in [5.74, 6) is -0.183. The number of carbonyl (C=O) groups excluding carboxylic acids is 1. The Morgan fingerprint density at radius 1 is 0.895 bits per heavy atom. The molecule has 2 aromatic carbocycles. The Morgan fingerprint density at radius 2 is 1.47 bits per heavy atom. The van der Waals surface area contributed by atoms with E-state index in [0.29, 0.717) is 10.6 Å². The lowest BCUT2D eigenvalue weighted by Gasteiger charge is -2.15. The van der Waals surface area contributed by atoms with Crippen molar-refractivity contribution in [3.05, 3.63) is 70.7 Å². The van der Waals surface area contributed by atoms with Gasteiger partial charge in [-0.25, -0.2) is 0 Å². The maximum absolute atomic E-state index is 12.2.